The fraction of sp³-hybridized carbons (Fsp3) is 1.00. The van der Waals surface area contributed by atoms with Gasteiger partial charge in [-0.05, 0) is 6.92 Å². The fourth-order valence-electron chi connectivity index (χ4n) is 1.35. The highest BCUT2D eigenvalue weighted by Crippen LogP contribution is 2.22. The summed E-state index contributed by atoms with van der Waals surface area (Å²) in [6, 6.07) is 0. The standard InChI is InChI=1S/C8H16O4/c1-5-6(9)4-7(10-2)8(11-3)12-5/h5-9H,4H2,1-3H3/t5-,6-,7+,8+/m1/s1. The van der Waals surface area contributed by atoms with Crippen molar-refractivity contribution in [3.63, 3.8) is 0 Å². The fourth-order valence-corrected chi connectivity index (χ4v) is 1.35. The van der Waals surface area contributed by atoms with Crippen LogP contribution in [0, 0.1) is 0 Å². The molecule has 4 heteroatoms. The second kappa shape index (κ2) is 4.18. The van der Waals surface area contributed by atoms with Crippen LogP contribution in [-0.2, 0) is 14.2 Å². The quantitative estimate of drug-likeness (QED) is 0.650. The Morgan fingerprint density at radius 2 is 2.00 bits per heavy atom. The van der Waals surface area contributed by atoms with Gasteiger partial charge in [0, 0.05) is 20.6 Å². The number of ether oxygens (including phenoxy) is 3. The van der Waals surface area contributed by atoms with Gasteiger partial charge in [0.05, 0.1) is 12.2 Å². The largest absolute Gasteiger partial charge is 0.390 e. The van der Waals surface area contributed by atoms with E-state index >= 15 is 0 Å². The third-order valence-electron chi connectivity index (χ3n) is 2.20. The predicted octanol–water partition coefficient (Wildman–Crippen LogP) is 0.144. The van der Waals surface area contributed by atoms with E-state index in [0.717, 1.165) is 0 Å². The average molecular weight is 176 g/mol. The number of methoxy groups -OCH3 is 2. The molecule has 0 aromatic rings. The van der Waals surface area contributed by atoms with Gasteiger partial charge < -0.3 is 19.3 Å². The maximum Gasteiger partial charge on any atom is 0.183 e. The summed E-state index contributed by atoms with van der Waals surface area (Å²) in [5, 5.41) is 9.43. The van der Waals surface area contributed by atoms with E-state index in [9.17, 15) is 5.11 Å². The van der Waals surface area contributed by atoms with Crippen LogP contribution in [0.15, 0.2) is 0 Å². The smallest absolute Gasteiger partial charge is 0.183 e. The van der Waals surface area contributed by atoms with E-state index in [1.54, 1.807) is 14.2 Å². The number of hydrogen-bond donors (Lipinski definition) is 1. The van der Waals surface area contributed by atoms with Gasteiger partial charge in [0.2, 0.25) is 0 Å². The second-order valence-electron chi connectivity index (χ2n) is 3.02. The van der Waals surface area contributed by atoms with E-state index in [4.69, 9.17) is 14.2 Å². The summed E-state index contributed by atoms with van der Waals surface area (Å²) in [5.74, 6) is 0. The maximum absolute atomic E-state index is 9.43. The zero-order chi connectivity index (χ0) is 9.14. The van der Waals surface area contributed by atoms with Crippen LogP contribution in [0.2, 0.25) is 0 Å². The lowest BCUT2D eigenvalue weighted by Gasteiger charge is -2.36. The number of rotatable bonds is 2. The third-order valence-corrected chi connectivity index (χ3v) is 2.20. The molecule has 1 aliphatic rings. The van der Waals surface area contributed by atoms with Crippen molar-refractivity contribution in [3.8, 4) is 0 Å². The first-order valence-corrected chi connectivity index (χ1v) is 4.08. The Hall–Kier alpha value is -0.160. The van der Waals surface area contributed by atoms with Gasteiger partial charge >= 0.3 is 0 Å². The van der Waals surface area contributed by atoms with Gasteiger partial charge in [-0.1, -0.05) is 0 Å². The SMILES string of the molecule is CO[C@H]1O[C@H](C)[C@H](O)C[C@@H]1OC. The number of aliphatic hydroxyl groups excluding tert-OH is 1. The molecule has 72 valence electrons. The summed E-state index contributed by atoms with van der Waals surface area (Å²) in [6.45, 7) is 1.82. The van der Waals surface area contributed by atoms with Crippen LogP contribution in [-0.4, -0.2) is 43.9 Å². The molecule has 1 fully saturated rings. The lowest BCUT2D eigenvalue weighted by molar-refractivity contribution is -0.257. The first-order chi connectivity index (χ1) is 5.69. The minimum absolute atomic E-state index is 0.166. The normalized spacial score (nSPS) is 43.0. The van der Waals surface area contributed by atoms with Crippen molar-refractivity contribution >= 4 is 0 Å². The van der Waals surface area contributed by atoms with Gasteiger partial charge in [-0.2, -0.15) is 0 Å². The molecule has 1 saturated heterocycles. The van der Waals surface area contributed by atoms with Crippen LogP contribution in [0.3, 0.4) is 0 Å². The van der Waals surface area contributed by atoms with Gasteiger partial charge in [-0.25, -0.2) is 0 Å². The van der Waals surface area contributed by atoms with Crippen molar-refractivity contribution in [3.05, 3.63) is 0 Å². The number of aliphatic hydroxyl groups is 1. The highest BCUT2D eigenvalue weighted by Gasteiger charge is 2.34. The summed E-state index contributed by atoms with van der Waals surface area (Å²) in [4.78, 5) is 0. The minimum atomic E-state index is -0.457. The van der Waals surface area contributed by atoms with Crippen molar-refractivity contribution < 1.29 is 19.3 Å². The van der Waals surface area contributed by atoms with Crippen LogP contribution in [0.4, 0.5) is 0 Å². The molecule has 0 bridgehead atoms. The third kappa shape index (κ3) is 1.95. The molecule has 12 heavy (non-hydrogen) atoms. The highest BCUT2D eigenvalue weighted by molar-refractivity contribution is 4.78. The second-order valence-corrected chi connectivity index (χ2v) is 3.02. The maximum atomic E-state index is 9.43. The molecule has 1 rings (SSSR count). The Bertz CT molecular complexity index is 123. The molecule has 4 atom stereocenters. The first-order valence-electron chi connectivity index (χ1n) is 4.08. The topological polar surface area (TPSA) is 47.9 Å². The first kappa shape index (κ1) is 9.92. The van der Waals surface area contributed by atoms with E-state index in [1.807, 2.05) is 6.92 Å². The van der Waals surface area contributed by atoms with Crippen LogP contribution in [0.5, 0.6) is 0 Å². The van der Waals surface area contributed by atoms with Gasteiger partial charge in [-0.15, -0.1) is 0 Å². The van der Waals surface area contributed by atoms with Crippen LogP contribution < -0.4 is 0 Å². The lowest BCUT2D eigenvalue weighted by Crippen LogP contribution is -2.47. The van der Waals surface area contributed by atoms with Gasteiger partial charge in [0.1, 0.15) is 6.10 Å². The molecule has 0 aliphatic carbocycles. The van der Waals surface area contributed by atoms with Gasteiger partial charge in [-0.3, -0.25) is 0 Å². The molecule has 4 nitrogen and oxygen atoms in total. The van der Waals surface area contributed by atoms with E-state index in [-0.39, 0.29) is 18.5 Å². The molecule has 0 amide bonds. The van der Waals surface area contributed by atoms with E-state index in [2.05, 4.69) is 0 Å². The molecule has 0 aromatic heterocycles. The van der Waals surface area contributed by atoms with Crippen molar-refractivity contribution in [1.29, 1.82) is 0 Å². The number of hydrogen-bond acceptors (Lipinski definition) is 4. The highest BCUT2D eigenvalue weighted by atomic mass is 16.7. The summed E-state index contributed by atoms with van der Waals surface area (Å²) in [7, 11) is 3.16. The summed E-state index contributed by atoms with van der Waals surface area (Å²) in [6.07, 6.45) is -0.590. The molecule has 0 radical (unpaired) electrons. The Kier molecular flexibility index (Phi) is 3.46. The molecule has 0 unspecified atom stereocenters. The van der Waals surface area contributed by atoms with Crippen LogP contribution in [0.1, 0.15) is 13.3 Å². The summed E-state index contributed by atoms with van der Waals surface area (Å²) < 4.78 is 15.5. The van der Waals surface area contributed by atoms with Crippen molar-refractivity contribution in [2.45, 2.75) is 37.9 Å². The summed E-state index contributed by atoms with van der Waals surface area (Å²) in [5.41, 5.74) is 0. The minimum Gasteiger partial charge on any atom is -0.390 e. The Balaban J connectivity index is 2.52. The van der Waals surface area contributed by atoms with E-state index in [1.165, 1.54) is 0 Å². The molecule has 1 heterocycles. The zero-order valence-electron chi connectivity index (χ0n) is 7.69. The molecule has 1 N–H and O–H groups in total. The van der Waals surface area contributed by atoms with Crippen molar-refractivity contribution in [2.24, 2.45) is 0 Å². The van der Waals surface area contributed by atoms with Crippen LogP contribution in [0.25, 0.3) is 0 Å². The Morgan fingerprint density at radius 1 is 1.33 bits per heavy atom. The van der Waals surface area contributed by atoms with E-state index in [0.29, 0.717) is 6.42 Å². The molecule has 0 aromatic carbocycles. The molecular formula is C8H16O4. The molecule has 1 aliphatic heterocycles. The van der Waals surface area contributed by atoms with Gasteiger partial charge in [0.25, 0.3) is 0 Å². The molecular weight excluding hydrogens is 160 g/mol. The van der Waals surface area contributed by atoms with E-state index < -0.39 is 6.10 Å². The van der Waals surface area contributed by atoms with Crippen LogP contribution >= 0.6 is 0 Å². The van der Waals surface area contributed by atoms with Crippen molar-refractivity contribution in [1.82, 2.24) is 0 Å². The lowest BCUT2D eigenvalue weighted by atomic mass is 10.0. The Labute approximate surface area is 72.4 Å². The van der Waals surface area contributed by atoms with Crippen molar-refractivity contribution in [2.75, 3.05) is 14.2 Å². The average Bonchev–Trinajstić information content (AvgIpc) is 2.09. The zero-order valence-corrected chi connectivity index (χ0v) is 7.69. The monoisotopic (exact) mass is 176 g/mol. The Morgan fingerprint density at radius 3 is 2.50 bits per heavy atom. The predicted molar refractivity (Wildman–Crippen MR) is 42.8 cm³/mol. The van der Waals surface area contributed by atoms with Gasteiger partial charge in [0.15, 0.2) is 6.29 Å². The summed E-state index contributed by atoms with van der Waals surface area (Å²) >= 11 is 0. The molecule has 0 saturated carbocycles. The molecule has 0 spiro atoms.